The lowest BCUT2D eigenvalue weighted by molar-refractivity contribution is -0.120. The molecule has 0 amide bonds. The quantitative estimate of drug-likeness (QED) is 0.202. The van der Waals surface area contributed by atoms with Crippen molar-refractivity contribution < 1.29 is 14.3 Å². The van der Waals surface area contributed by atoms with E-state index in [-0.39, 0.29) is 11.8 Å². The molecule has 3 aliphatic rings. The molecule has 1 aliphatic carbocycles. The van der Waals surface area contributed by atoms with Gasteiger partial charge in [-0.1, -0.05) is 70.5 Å². The fourth-order valence-electron chi connectivity index (χ4n) is 5.29. The summed E-state index contributed by atoms with van der Waals surface area (Å²) in [5.74, 6) is 8.12. The van der Waals surface area contributed by atoms with Gasteiger partial charge in [-0.2, -0.15) is 0 Å². The Morgan fingerprint density at radius 2 is 1.75 bits per heavy atom. The number of para-hydroxylation sites is 1. The average Bonchev–Trinajstić information content (AvgIpc) is 3.96. The number of carbonyl (C=O) groups is 2. The minimum Gasteiger partial charge on any atom is -0.496 e. The van der Waals surface area contributed by atoms with E-state index in [9.17, 15) is 9.59 Å². The van der Waals surface area contributed by atoms with E-state index in [4.69, 9.17) is 16.3 Å². The minimum absolute atomic E-state index is 0.136. The number of ketones is 2. The predicted octanol–water partition coefficient (Wildman–Crippen LogP) is 6.68. The highest BCUT2D eigenvalue weighted by Gasteiger charge is 2.30. The Bertz CT molecular complexity index is 1440. The SMILES string of the molecule is CC.CCC(=O)C1=NCC=C(C)C=C1C.CCC(=O)C1CC1.CCc1cccc(/C(N)=C/N(N)C2CN(Cc3ccccn3)C2)c1OC. The molecule has 0 radical (unpaired) electrons. The van der Waals surface area contributed by atoms with Crippen molar-refractivity contribution in [2.75, 3.05) is 26.7 Å². The lowest BCUT2D eigenvalue weighted by atomic mass is 10.0. The van der Waals surface area contributed by atoms with Gasteiger partial charge in [-0.25, -0.2) is 5.84 Å². The van der Waals surface area contributed by atoms with E-state index >= 15 is 0 Å². The molecule has 2 aromatic rings. The molecule has 2 fully saturated rings. The molecule has 1 saturated carbocycles. The Morgan fingerprint density at radius 3 is 2.29 bits per heavy atom. The zero-order valence-corrected chi connectivity index (χ0v) is 30.5. The predicted molar refractivity (Wildman–Crippen MR) is 198 cm³/mol. The number of aryl methyl sites for hydroxylation is 1. The smallest absolute Gasteiger partial charge is 0.180 e. The minimum atomic E-state index is 0.136. The number of hydrazine groups is 1. The van der Waals surface area contributed by atoms with E-state index in [2.05, 4.69) is 27.9 Å². The Kier molecular flexibility index (Phi) is 17.5. The summed E-state index contributed by atoms with van der Waals surface area (Å²) in [4.78, 5) is 32.9. The lowest BCUT2D eigenvalue weighted by Gasteiger charge is -2.43. The van der Waals surface area contributed by atoms with Gasteiger partial charge in [0.05, 0.1) is 31.1 Å². The normalized spacial score (nSPS) is 16.0. The van der Waals surface area contributed by atoms with Crippen molar-refractivity contribution in [2.45, 2.75) is 93.2 Å². The van der Waals surface area contributed by atoms with Crippen LogP contribution in [0.15, 0.2) is 77.1 Å². The average molecular weight is 659 g/mol. The highest BCUT2D eigenvalue weighted by Crippen LogP contribution is 2.30. The van der Waals surface area contributed by atoms with E-state index in [1.807, 2.05) is 90.2 Å². The monoisotopic (exact) mass is 658 g/mol. The summed E-state index contributed by atoms with van der Waals surface area (Å²) < 4.78 is 5.56. The van der Waals surface area contributed by atoms with Crippen molar-refractivity contribution in [2.24, 2.45) is 22.5 Å². The molecule has 1 aromatic heterocycles. The molecule has 0 bridgehead atoms. The number of aromatic nitrogens is 1. The van der Waals surface area contributed by atoms with Gasteiger partial charge in [0.25, 0.3) is 0 Å². The number of nitrogens with two attached hydrogens (primary N) is 2. The van der Waals surface area contributed by atoms with Gasteiger partial charge in [0, 0.05) is 56.4 Å². The lowest BCUT2D eigenvalue weighted by Crippen LogP contribution is -2.59. The van der Waals surface area contributed by atoms with Gasteiger partial charge in [-0.15, -0.1) is 0 Å². The largest absolute Gasteiger partial charge is 0.496 e. The molecule has 4 N–H and O–H groups in total. The van der Waals surface area contributed by atoms with Crippen LogP contribution in [-0.2, 0) is 22.6 Å². The van der Waals surface area contributed by atoms with Crippen LogP contribution in [-0.4, -0.2) is 65.0 Å². The number of ether oxygens (including phenoxy) is 1. The van der Waals surface area contributed by atoms with Crippen LogP contribution in [0.1, 0.15) is 91.0 Å². The second-order valence-electron chi connectivity index (χ2n) is 11.9. The standard InChI is InChI=1S/C20H27N5O.C11H15NO.C6H10O.C2H6/c1-3-15-7-6-9-18(20(15)26-2)19(21)14-25(22)17-12-24(13-17)11-16-8-4-5-10-23-16;1-4-10(13)11-9(3)7-8(2)5-6-12-11;1-2-6(7)5-3-4-5;1-2/h4-10,14,17H,3,11-13,21-22H2,1-2H3;5,7H,4,6H2,1-3H3;5H,2-4H2,1H3;1-2H3/b19-14-;;;. The molecule has 0 atom stereocenters. The maximum absolute atomic E-state index is 11.4. The summed E-state index contributed by atoms with van der Waals surface area (Å²) in [5, 5.41) is 1.71. The number of allylic oxidation sites excluding steroid dienone is 3. The summed E-state index contributed by atoms with van der Waals surface area (Å²) in [6.07, 6.45) is 12.1. The molecule has 0 spiro atoms. The number of hydrogen-bond donors (Lipinski definition) is 2. The fraction of sp³-hybridized carbons (Fsp3) is 0.487. The van der Waals surface area contributed by atoms with Crippen molar-refractivity contribution >= 4 is 23.0 Å². The van der Waals surface area contributed by atoms with Crippen molar-refractivity contribution in [3.05, 3.63) is 88.9 Å². The first-order valence-corrected chi connectivity index (χ1v) is 17.4. The van der Waals surface area contributed by atoms with Crippen LogP contribution in [0.25, 0.3) is 5.70 Å². The van der Waals surface area contributed by atoms with E-state index in [0.717, 1.165) is 73.5 Å². The van der Waals surface area contributed by atoms with Crippen LogP contribution in [0.3, 0.4) is 0 Å². The molecule has 3 heterocycles. The molecular weight excluding hydrogens is 600 g/mol. The number of carbonyl (C=O) groups excluding carboxylic acids is 2. The molecule has 2 aliphatic heterocycles. The number of benzene rings is 1. The molecular formula is C39H58N6O3. The van der Waals surface area contributed by atoms with E-state index in [1.165, 1.54) is 5.57 Å². The van der Waals surface area contributed by atoms with Gasteiger partial charge in [-0.3, -0.25) is 24.5 Å². The van der Waals surface area contributed by atoms with Crippen molar-refractivity contribution in [3.8, 4) is 5.75 Å². The number of nitrogens with zero attached hydrogens (tertiary/aromatic N) is 4. The molecule has 9 nitrogen and oxygen atoms in total. The number of likely N-dealkylation sites (tertiary alicyclic amines) is 1. The number of rotatable bonds is 11. The summed E-state index contributed by atoms with van der Waals surface area (Å²) in [5.41, 5.74) is 12.8. The van der Waals surface area contributed by atoms with Gasteiger partial charge in [0.15, 0.2) is 5.78 Å². The number of hydrogen-bond acceptors (Lipinski definition) is 9. The molecule has 262 valence electrons. The van der Waals surface area contributed by atoms with E-state index in [0.29, 0.717) is 36.1 Å². The first-order valence-electron chi connectivity index (χ1n) is 17.4. The third-order valence-electron chi connectivity index (χ3n) is 8.20. The number of Topliss-reactive ketones (excluding diaryl/α,β-unsaturated/α-hetero) is 2. The van der Waals surface area contributed by atoms with Crippen LogP contribution >= 0.6 is 0 Å². The zero-order valence-electron chi connectivity index (χ0n) is 30.5. The molecule has 48 heavy (non-hydrogen) atoms. The van der Waals surface area contributed by atoms with Gasteiger partial charge >= 0.3 is 0 Å². The summed E-state index contributed by atoms with van der Waals surface area (Å²) in [6.45, 7) is 17.1. The third kappa shape index (κ3) is 12.5. The second-order valence-corrected chi connectivity index (χ2v) is 11.9. The highest BCUT2D eigenvalue weighted by molar-refractivity contribution is 6.46. The van der Waals surface area contributed by atoms with Crippen LogP contribution in [0, 0.1) is 5.92 Å². The number of pyridine rings is 1. The van der Waals surface area contributed by atoms with Crippen molar-refractivity contribution in [1.82, 2.24) is 14.9 Å². The fourth-order valence-corrected chi connectivity index (χ4v) is 5.29. The van der Waals surface area contributed by atoms with E-state index < -0.39 is 0 Å². The van der Waals surface area contributed by atoms with Crippen LogP contribution in [0.5, 0.6) is 5.75 Å². The summed E-state index contributed by atoms with van der Waals surface area (Å²) >= 11 is 0. The maximum atomic E-state index is 11.4. The topological polar surface area (TPSA) is 127 Å². The van der Waals surface area contributed by atoms with Crippen molar-refractivity contribution in [1.29, 1.82) is 0 Å². The number of methoxy groups -OCH3 is 1. The third-order valence-corrected chi connectivity index (χ3v) is 8.20. The second kappa shape index (κ2) is 21.0. The first kappa shape index (κ1) is 40.1. The van der Waals surface area contributed by atoms with Crippen molar-refractivity contribution in [3.63, 3.8) is 0 Å². The molecule has 1 aromatic carbocycles. The van der Waals surface area contributed by atoms with Crippen LogP contribution in [0.2, 0.25) is 0 Å². The first-order chi connectivity index (χ1) is 23.1. The summed E-state index contributed by atoms with van der Waals surface area (Å²) in [6, 6.07) is 12.2. The summed E-state index contributed by atoms with van der Waals surface area (Å²) in [7, 11) is 1.67. The van der Waals surface area contributed by atoms with Crippen LogP contribution in [0.4, 0.5) is 0 Å². The van der Waals surface area contributed by atoms with Gasteiger partial charge in [-0.05, 0) is 62.4 Å². The van der Waals surface area contributed by atoms with Gasteiger partial charge < -0.3 is 15.5 Å². The van der Waals surface area contributed by atoms with Crippen LogP contribution < -0.4 is 16.3 Å². The molecule has 1 saturated heterocycles. The Morgan fingerprint density at radius 1 is 1.04 bits per heavy atom. The zero-order chi connectivity index (χ0) is 35.6. The van der Waals surface area contributed by atoms with E-state index in [1.54, 1.807) is 18.3 Å². The highest BCUT2D eigenvalue weighted by atomic mass is 16.5. The Balaban J connectivity index is 0.000000300. The molecule has 9 heteroatoms. The molecule has 5 rings (SSSR count). The van der Waals surface area contributed by atoms with Gasteiger partial charge in [0.2, 0.25) is 0 Å². The Labute approximate surface area is 288 Å². The number of aliphatic imine (C=N–C) groups is 1. The maximum Gasteiger partial charge on any atom is 0.180 e. The molecule has 0 unspecified atom stereocenters. The van der Waals surface area contributed by atoms with Gasteiger partial charge in [0.1, 0.15) is 17.2 Å². The Hall–Kier alpha value is -4.08.